The monoisotopic (exact) mass is 442 g/mol. The fourth-order valence-corrected chi connectivity index (χ4v) is 3.64. The molecule has 4 aromatic rings. The maximum absolute atomic E-state index is 12.3. The van der Waals surface area contributed by atoms with Crippen molar-refractivity contribution in [3.63, 3.8) is 0 Å². The molecule has 0 fully saturated rings. The fourth-order valence-electron chi connectivity index (χ4n) is 2.80. The van der Waals surface area contributed by atoms with Crippen LogP contribution in [-0.2, 0) is 0 Å². The SMILES string of the molecule is O=C(N/N=C/c1cc(Br)cc(Cl)c1O)c1cc2c(ccc3ccccc32)o1. The second-order valence-electron chi connectivity index (χ2n) is 5.83. The minimum absolute atomic E-state index is 0.118. The number of fused-ring (bicyclic) bond motifs is 3. The lowest BCUT2D eigenvalue weighted by Gasteiger charge is -2.02. The predicted molar refractivity (Wildman–Crippen MR) is 110 cm³/mol. The first-order valence-corrected chi connectivity index (χ1v) is 9.13. The van der Waals surface area contributed by atoms with Crippen molar-refractivity contribution >= 4 is 61.4 Å². The third-order valence-electron chi connectivity index (χ3n) is 4.08. The van der Waals surface area contributed by atoms with E-state index in [4.69, 9.17) is 16.0 Å². The normalized spacial score (nSPS) is 11.5. The molecule has 1 heterocycles. The molecule has 0 bridgehead atoms. The molecule has 134 valence electrons. The van der Waals surface area contributed by atoms with Gasteiger partial charge in [0.15, 0.2) is 5.76 Å². The van der Waals surface area contributed by atoms with E-state index in [-0.39, 0.29) is 16.5 Å². The van der Waals surface area contributed by atoms with Crippen molar-refractivity contribution in [2.75, 3.05) is 0 Å². The molecular formula is C20H12BrClN2O3. The van der Waals surface area contributed by atoms with Gasteiger partial charge in [-0.2, -0.15) is 5.10 Å². The first-order valence-electron chi connectivity index (χ1n) is 7.95. The number of nitrogens with zero attached hydrogens (tertiary/aromatic N) is 1. The number of nitrogens with one attached hydrogen (secondary N) is 1. The van der Waals surface area contributed by atoms with Gasteiger partial charge in [-0.05, 0) is 35.0 Å². The van der Waals surface area contributed by atoms with Crippen molar-refractivity contribution < 1.29 is 14.3 Å². The Morgan fingerprint density at radius 1 is 1.15 bits per heavy atom. The average molecular weight is 444 g/mol. The molecule has 0 aliphatic carbocycles. The van der Waals surface area contributed by atoms with Gasteiger partial charge in [0.2, 0.25) is 0 Å². The average Bonchev–Trinajstić information content (AvgIpc) is 3.10. The van der Waals surface area contributed by atoms with Gasteiger partial charge in [0, 0.05) is 15.4 Å². The molecule has 5 nitrogen and oxygen atoms in total. The second kappa shape index (κ2) is 7.06. The van der Waals surface area contributed by atoms with Crippen LogP contribution in [-0.4, -0.2) is 17.2 Å². The molecule has 0 aliphatic heterocycles. The first-order chi connectivity index (χ1) is 13.0. The highest BCUT2D eigenvalue weighted by atomic mass is 79.9. The fraction of sp³-hybridized carbons (Fsp3) is 0. The quantitative estimate of drug-likeness (QED) is 0.326. The number of hydrogen-bond acceptors (Lipinski definition) is 4. The van der Waals surface area contributed by atoms with E-state index < -0.39 is 5.91 Å². The lowest BCUT2D eigenvalue weighted by Crippen LogP contribution is -2.16. The van der Waals surface area contributed by atoms with Gasteiger partial charge in [0.25, 0.3) is 0 Å². The molecule has 0 atom stereocenters. The number of halogens is 2. The number of carbonyl (C=O) groups excluding carboxylic acids is 1. The number of furan rings is 1. The van der Waals surface area contributed by atoms with Gasteiger partial charge in [-0.3, -0.25) is 4.79 Å². The van der Waals surface area contributed by atoms with Crippen molar-refractivity contribution in [3.8, 4) is 5.75 Å². The van der Waals surface area contributed by atoms with E-state index in [1.165, 1.54) is 6.21 Å². The van der Waals surface area contributed by atoms with Gasteiger partial charge in [-0.15, -0.1) is 0 Å². The topological polar surface area (TPSA) is 74.8 Å². The summed E-state index contributed by atoms with van der Waals surface area (Å²) >= 11 is 9.19. The second-order valence-corrected chi connectivity index (χ2v) is 7.16. The molecule has 0 saturated carbocycles. The molecule has 2 N–H and O–H groups in total. The zero-order valence-electron chi connectivity index (χ0n) is 13.7. The van der Waals surface area contributed by atoms with Crippen LogP contribution in [0.1, 0.15) is 16.1 Å². The molecule has 1 amide bonds. The summed E-state index contributed by atoms with van der Waals surface area (Å²) in [6.07, 6.45) is 1.31. The Kier molecular flexibility index (Phi) is 4.59. The molecule has 27 heavy (non-hydrogen) atoms. The third kappa shape index (κ3) is 3.41. The van der Waals surface area contributed by atoms with E-state index in [1.54, 1.807) is 18.2 Å². The number of hydrogen-bond donors (Lipinski definition) is 2. The minimum Gasteiger partial charge on any atom is -0.506 e. The maximum Gasteiger partial charge on any atom is 0.307 e. The highest BCUT2D eigenvalue weighted by molar-refractivity contribution is 9.10. The number of aromatic hydroxyl groups is 1. The summed E-state index contributed by atoms with van der Waals surface area (Å²) in [6.45, 7) is 0. The number of phenolic OH excluding ortho intramolecular Hbond substituents is 1. The van der Waals surface area contributed by atoms with Crippen molar-refractivity contribution in [2.24, 2.45) is 5.10 Å². The Bertz CT molecular complexity index is 1220. The largest absolute Gasteiger partial charge is 0.506 e. The van der Waals surface area contributed by atoms with E-state index in [1.807, 2.05) is 36.4 Å². The van der Waals surface area contributed by atoms with Gasteiger partial charge in [0.05, 0.1) is 11.2 Å². The van der Waals surface area contributed by atoms with Crippen molar-refractivity contribution in [2.45, 2.75) is 0 Å². The molecule has 0 spiro atoms. The smallest absolute Gasteiger partial charge is 0.307 e. The summed E-state index contributed by atoms with van der Waals surface area (Å²) in [5.41, 5.74) is 3.38. The van der Waals surface area contributed by atoms with Gasteiger partial charge in [-0.25, -0.2) is 5.43 Å². The van der Waals surface area contributed by atoms with Crippen LogP contribution in [0.5, 0.6) is 5.75 Å². The molecule has 7 heteroatoms. The Labute approximate surface area is 167 Å². The molecule has 1 aromatic heterocycles. The number of benzene rings is 3. The lowest BCUT2D eigenvalue weighted by atomic mass is 10.1. The molecule has 0 saturated heterocycles. The maximum atomic E-state index is 12.3. The Balaban J connectivity index is 1.59. The summed E-state index contributed by atoms with van der Waals surface area (Å²) < 4.78 is 6.32. The zero-order valence-corrected chi connectivity index (χ0v) is 16.1. The Hall–Kier alpha value is -2.83. The molecule has 0 aliphatic rings. The Morgan fingerprint density at radius 3 is 2.81 bits per heavy atom. The first kappa shape index (κ1) is 17.6. The highest BCUT2D eigenvalue weighted by Crippen LogP contribution is 2.30. The third-order valence-corrected chi connectivity index (χ3v) is 4.82. The van der Waals surface area contributed by atoms with Crippen LogP contribution in [0.2, 0.25) is 5.02 Å². The Morgan fingerprint density at radius 2 is 1.96 bits per heavy atom. The van der Waals surface area contributed by atoms with E-state index in [9.17, 15) is 9.90 Å². The summed E-state index contributed by atoms with van der Waals surface area (Å²) in [7, 11) is 0. The minimum atomic E-state index is -0.493. The molecule has 3 aromatic carbocycles. The molecular weight excluding hydrogens is 432 g/mol. The van der Waals surface area contributed by atoms with Crippen LogP contribution in [0, 0.1) is 0 Å². The lowest BCUT2D eigenvalue weighted by molar-refractivity contribution is 0.0929. The van der Waals surface area contributed by atoms with Gasteiger partial charge >= 0.3 is 5.91 Å². The number of carbonyl (C=O) groups is 1. The van der Waals surface area contributed by atoms with Crippen LogP contribution >= 0.6 is 27.5 Å². The summed E-state index contributed by atoms with van der Waals surface area (Å²) in [6, 6.07) is 16.5. The van der Waals surface area contributed by atoms with E-state index >= 15 is 0 Å². The number of hydrazone groups is 1. The van der Waals surface area contributed by atoms with Gasteiger partial charge in [0.1, 0.15) is 11.3 Å². The molecule has 4 rings (SSSR count). The molecule has 0 unspecified atom stereocenters. The number of phenols is 1. The van der Waals surface area contributed by atoms with Crippen LogP contribution < -0.4 is 5.43 Å². The van der Waals surface area contributed by atoms with Gasteiger partial charge in [-0.1, -0.05) is 57.9 Å². The van der Waals surface area contributed by atoms with Crippen LogP contribution in [0.15, 0.2) is 68.6 Å². The summed E-state index contributed by atoms with van der Waals surface area (Å²) in [5, 5.41) is 16.9. The highest BCUT2D eigenvalue weighted by Gasteiger charge is 2.13. The number of rotatable bonds is 3. The van der Waals surface area contributed by atoms with Crippen LogP contribution in [0.25, 0.3) is 21.7 Å². The van der Waals surface area contributed by atoms with Crippen LogP contribution in [0.4, 0.5) is 0 Å². The summed E-state index contributed by atoms with van der Waals surface area (Å²) in [5.74, 6) is -0.463. The number of amides is 1. The van der Waals surface area contributed by atoms with E-state index in [0.29, 0.717) is 15.6 Å². The zero-order chi connectivity index (χ0) is 19.0. The standard InChI is InChI=1S/C20H12BrClN2O3/c21-13-7-12(19(25)16(22)8-13)10-23-24-20(26)18-9-15-14-4-2-1-3-11(14)5-6-17(15)27-18/h1-10,25H,(H,24,26)/b23-10+. The molecule has 0 radical (unpaired) electrons. The van der Waals surface area contributed by atoms with Gasteiger partial charge < -0.3 is 9.52 Å². The van der Waals surface area contributed by atoms with E-state index in [2.05, 4.69) is 26.5 Å². The summed E-state index contributed by atoms with van der Waals surface area (Å²) in [4.78, 5) is 12.3. The van der Waals surface area contributed by atoms with Crippen LogP contribution in [0.3, 0.4) is 0 Å². The van der Waals surface area contributed by atoms with Crippen molar-refractivity contribution in [1.82, 2.24) is 5.43 Å². The van der Waals surface area contributed by atoms with Crippen molar-refractivity contribution in [1.29, 1.82) is 0 Å². The predicted octanol–water partition coefficient (Wildman–Crippen LogP) is 5.47. The van der Waals surface area contributed by atoms with Crippen molar-refractivity contribution in [3.05, 3.63) is 75.4 Å². The van der Waals surface area contributed by atoms with E-state index in [0.717, 1.165) is 16.2 Å².